The first kappa shape index (κ1) is 38.2. The molecule has 15 heteroatoms. The number of nitrogens with one attached hydrogen (secondary N) is 4. The zero-order chi connectivity index (χ0) is 37.1. The number of urea groups is 1. The van der Waals surface area contributed by atoms with Crippen molar-refractivity contribution in [3.05, 3.63) is 35.8 Å². The van der Waals surface area contributed by atoms with Crippen LogP contribution in [-0.2, 0) is 14.4 Å². The number of carbonyl (C=O) groups excluding carboxylic acids is 4. The van der Waals surface area contributed by atoms with E-state index < -0.39 is 58.8 Å². The molecular weight excluding hydrogens is 673 g/mol. The van der Waals surface area contributed by atoms with Crippen LogP contribution in [0.15, 0.2) is 35.8 Å². The Hall–Kier alpha value is -4.05. The van der Waals surface area contributed by atoms with Gasteiger partial charge in [-0.25, -0.2) is 9.78 Å². The summed E-state index contributed by atoms with van der Waals surface area (Å²) in [5, 5.41) is 26.2. The molecule has 5 atom stereocenters. The van der Waals surface area contributed by atoms with E-state index in [9.17, 15) is 24.3 Å². The van der Waals surface area contributed by atoms with Gasteiger partial charge in [-0.1, -0.05) is 40.2 Å². The van der Waals surface area contributed by atoms with Gasteiger partial charge in [0.05, 0.1) is 11.4 Å². The molecule has 0 radical (unpaired) electrons. The molecule has 1 aliphatic carbocycles. The summed E-state index contributed by atoms with van der Waals surface area (Å²) >= 11 is 1.45. The average Bonchev–Trinajstić information content (AvgIpc) is 3.52. The van der Waals surface area contributed by atoms with E-state index in [0.29, 0.717) is 30.1 Å². The van der Waals surface area contributed by atoms with Gasteiger partial charge in [-0.15, -0.1) is 11.3 Å². The molecule has 51 heavy (non-hydrogen) atoms. The fourth-order valence-corrected chi connectivity index (χ4v) is 7.05. The van der Waals surface area contributed by atoms with E-state index in [0.717, 1.165) is 28.0 Å². The molecule has 5 rings (SSSR count). The minimum atomic E-state index is -1.76. The van der Waals surface area contributed by atoms with E-state index in [2.05, 4.69) is 36.2 Å². The topological polar surface area (TPSA) is 188 Å². The van der Waals surface area contributed by atoms with Gasteiger partial charge in [-0.3, -0.25) is 24.8 Å². The van der Waals surface area contributed by atoms with Crippen LogP contribution in [0.3, 0.4) is 0 Å². The van der Waals surface area contributed by atoms with Crippen LogP contribution in [0.5, 0.6) is 5.88 Å². The van der Waals surface area contributed by atoms with Crippen molar-refractivity contribution in [2.24, 2.45) is 5.41 Å². The molecule has 4 amide bonds. The van der Waals surface area contributed by atoms with Gasteiger partial charge in [0.15, 0.2) is 12.1 Å². The highest BCUT2D eigenvalue weighted by Gasteiger charge is 2.55. The molecule has 3 aromatic heterocycles. The quantitative estimate of drug-likeness (QED) is 0.128. The zero-order valence-corrected chi connectivity index (χ0v) is 31.2. The van der Waals surface area contributed by atoms with E-state index in [1.807, 2.05) is 57.3 Å². The number of aldehydes is 1. The molecule has 3 aromatic rings. The molecule has 1 unspecified atom stereocenters. The minimum absolute atomic E-state index is 0.103. The Balaban J connectivity index is 1.48. The van der Waals surface area contributed by atoms with Gasteiger partial charge in [0, 0.05) is 30.7 Å². The number of hydrogen-bond donors (Lipinski definition) is 5. The fourth-order valence-electron chi connectivity index (χ4n) is 6.30. The van der Waals surface area contributed by atoms with Crippen LogP contribution in [0.1, 0.15) is 80.6 Å². The number of aliphatic hydroxyl groups excluding tert-OH is 1. The van der Waals surface area contributed by atoms with Crippen LogP contribution in [-0.4, -0.2) is 97.2 Å². The first-order valence-corrected chi connectivity index (χ1v) is 18.4. The number of thiophene rings is 1. The van der Waals surface area contributed by atoms with E-state index in [1.54, 1.807) is 27.0 Å². The predicted octanol–water partition coefficient (Wildman–Crippen LogP) is 3.54. The molecule has 0 aromatic carbocycles. The monoisotopic (exact) mass is 722 g/mol. The number of nitrogens with zero attached hydrogens (tertiary/aromatic N) is 4. The maximum atomic E-state index is 14.9. The SMILES string of the molecule is CCC[C@@](NC1CC1)(C(O)C=O)N(C(=O)[C@@H]1C[C@@H](Oc2nc(-c3ccccn3)nc3sccc23)CN1)C(=O)[C@@H](NC(=O)NC(C)(C)C)C(C)(C)C. The van der Waals surface area contributed by atoms with E-state index in [4.69, 9.17) is 4.74 Å². The lowest BCUT2D eigenvalue weighted by atomic mass is 9.84. The molecule has 0 spiro atoms. The Kier molecular flexibility index (Phi) is 11.4. The third-order valence-corrected chi connectivity index (χ3v) is 9.66. The highest BCUT2D eigenvalue weighted by molar-refractivity contribution is 7.16. The third kappa shape index (κ3) is 8.88. The van der Waals surface area contributed by atoms with Crippen LogP contribution in [0, 0.1) is 5.41 Å². The summed E-state index contributed by atoms with van der Waals surface area (Å²) in [6, 6.07) is 4.54. The molecule has 14 nitrogen and oxygen atoms in total. The summed E-state index contributed by atoms with van der Waals surface area (Å²) in [5.74, 6) is -0.617. The van der Waals surface area contributed by atoms with E-state index in [1.165, 1.54) is 11.3 Å². The maximum Gasteiger partial charge on any atom is 0.315 e. The van der Waals surface area contributed by atoms with E-state index in [-0.39, 0.29) is 25.4 Å². The number of pyridine rings is 1. The minimum Gasteiger partial charge on any atom is -0.472 e. The van der Waals surface area contributed by atoms with Crippen molar-refractivity contribution in [1.29, 1.82) is 0 Å². The highest BCUT2D eigenvalue weighted by atomic mass is 32.1. The van der Waals surface area contributed by atoms with Crippen molar-refractivity contribution in [2.45, 2.75) is 122 Å². The lowest BCUT2D eigenvalue weighted by Crippen LogP contribution is -2.74. The van der Waals surface area contributed by atoms with Crippen LogP contribution in [0.4, 0.5) is 4.79 Å². The molecule has 0 bridgehead atoms. The number of aromatic nitrogens is 3. The summed E-state index contributed by atoms with van der Waals surface area (Å²) < 4.78 is 6.43. The van der Waals surface area contributed by atoms with Gasteiger partial charge >= 0.3 is 6.03 Å². The first-order valence-electron chi connectivity index (χ1n) is 17.5. The lowest BCUT2D eigenvalue weighted by molar-refractivity contribution is -0.167. The number of amides is 4. The van der Waals surface area contributed by atoms with Crippen molar-refractivity contribution < 1.29 is 29.0 Å². The zero-order valence-electron chi connectivity index (χ0n) is 30.4. The van der Waals surface area contributed by atoms with Gasteiger partial charge < -0.3 is 30.6 Å². The summed E-state index contributed by atoms with van der Waals surface area (Å²) in [5.41, 5.74) is -2.64. The number of ether oxygens (including phenoxy) is 1. The Morgan fingerprint density at radius 3 is 2.49 bits per heavy atom. The molecule has 1 saturated carbocycles. The Labute approximate surface area is 302 Å². The summed E-state index contributed by atoms with van der Waals surface area (Å²) in [4.78, 5) is 70.8. The summed E-state index contributed by atoms with van der Waals surface area (Å²) in [6.07, 6.45) is 1.99. The van der Waals surface area contributed by atoms with E-state index >= 15 is 0 Å². The second kappa shape index (κ2) is 15.3. The highest BCUT2D eigenvalue weighted by Crippen LogP contribution is 2.35. The summed E-state index contributed by atoms with van der Waals surface area (Å²) in [7, 11) is 0. The van der Waals surface area contributed by atoms with Crippen LogP contribution in [0.25, 0.3) is 21.7 Å². The molecular formula is C36H50N8O6S. The number of imide groups is 1. The molecule has 5 N–H and O–H groups in total. The second-order valence-electron chi connectivity index (χ2n) is 15.5. The molecule has 1 aliphatic heterocycles. The lowest BCUT2D eigenvalue weighted by Gasteiger charge is -2.48. The number of hydrogen-bond acceptors (Lipinski definition) is 12. The van der Waals surface area contributed by atoms with Crippen LogP contribution in [0.2, 0.25) is 0 Å². The average molecular weight is 723 g/mol. The van der Waals surface area contributed by atoms with Gasteiger partial charge in [-0.05, 0) is 69.0 Å². The molecule has 2 aliphatic rings. The van der Waals surface area contributed by atoms with Crippen LogP contribution < -0.4 is 26.0 Å². The number of carbonyl (C=O) groups is 4. The predicted molar refractivity (Wildman–Crippen MR) is 194 cm³/mol. The Bertz CT molecular complexity index is 1720. The molecule has 1 saturated heterocycles. The molecule has 2 fully saturated rings. The van der Waals surface area contributed by atoms with Crippen molar-refractivity contribution in [3.8, 4) is 17.4 Å². The number of fused-ring (bicyclic) bond motifs is 1. The number of aliphatic hydroxyl groups is 1. The van der Waals surface area contributed by atoms with Gasteiger partial charge in [0.25, 0.3) is 5.91 Å². The van der Waals surface area contributed by atoms with Crippen molar-refractivity contribution in [1.82, 2.24) is 41.1 Å². The van der Waals surface area contributed by atoms with Crippen molar-refractivity contribution >= 4 is 45.7 Å². The Morgan fingerprint density at radius 2 is 1.88 bits per heavy atom. The van der Waals surface area contributed by atoms with Gasteiger partial charge in [0.1, 0.15) is 34.4 Å². The fraction of sp³-hybridized carbons (Fsp3) is 0.583. The largest absolute Gasteiger partial charge is 0.472 e. The first-order chi connectivity index (χ1) is 24.1. The smallest absolute Gasteiger partial charge is 0.315 e. The Morgan fingerprint density at radius 1 is 1.14 bits per heavy atom. The van der Waals surface area contributed by atoms with Crippen LogP contribution >= 0.6 is 11.3 Å². The van der Waals surface area contributed by atoms with Crippen molar-refractivity contribution in [3.63, 3.8) is 0 Å². The molecule has 276 valence electrons. The second-order valence-corrected chi connectivity index (χ2v) is 16.4. The van der Waals surface area contributed by atoms with Gasteiger partial charge in [0.2, 0.25) is 11.8 Å². The summed E-state index contributed by atoms with van der Waals surface area (Å²) in [6.45, 7) is 12.9. The standard InChI is InChI=1S/C36H50N8O6S/c1-8-15-36(26(46)20-45,42-21-12-13-21)44(32(48)27(34(2,3)4)39-33(49)43-35(5,6)7)31(47)25-18-22(19-38-25)50-29-23-14-17-51-30(23)41-28(40-29)24-11-9-10-16-37-24/h9-11,14,16-17,20-22,25-27,38,42,46H,8,12-13,15,18-19H2,1-7H3,(H2,39,43,49)/t22-,25+,26?,27-,36+/m1/s1. The molecule has 4 heterocycles. The maximum absolute atomic E-state index is 14.9. The number of rotatable bonds is 13. The normalized spacial score (nSPS) is 20.2. The van der Waals surface area contributed by atoms with Crippen molar-refractivity contribution in [2.75, 3.05) is 6.54 Å². The third-order valence-electron chi connectivity index (χ3n) is 8.85. The van der Waals surface area contributed by atoms with Gasteiger partial charge in [-0.2, -0.15) is 4.98 Å².